The summed E-state index contributed by atoms with van der Waals surface area (Å²) in [5.74, 6) is 0. The molecule has 0 aliphatic heterocycles. The smallest absolute Gasteiger partial charge is 0.160 e. The molecule has 0 saturated carbocycles. The van der Waals surface area contributed by atoms with Crippen LogP contribution in [0.15, 0.2) is 95.5 Å². The molecule has 7 aromatic rings. The number of aryl methyl sites for hydroxylation is 2. The molecule has 36 heavy (non-hydrogen) atoms. The quantitative estimate of drug-likeness (QED) is 0.259. The Morgan fingerprint density at radius 2 is 1.44 bits per heavy atom. The van der Waals surface area contributed by atoms with Crippen LogP contribution >= 0.6 is 0 Å². The molecule has 0 amide bonds. The fourth-order valence-corrected chi connectivity index (χ4v) is 5.38. The average molecular weight is 464 g/mol. The van der Waals surface area contributed by atoms with Crippen LogP contribution in [0.25, 0.3) is 60.7 Å². The number of nitrogens with zero attached hydrogens (tertiary/aromatic N) is 3. The lowest BCUT2D eigenvalue weighted by Gasteiger charge is -2.11. The van der Waals surface area contributed by atoms with Gasteiger partial charge < -0.3 is 8.98 Å². The lowest BCUT2D eigenvalue weighted by Crippen LogP contribution is -1.98. The minimum absolute atomic E-state index is 0.570. The molecular formula is C32H21N3O. The molecule has 0 aliphatic carbocycles. The summed E-state index contributed by atoms with van der Waals surface area (Å²) in [6, 6.07) is 31.3. The van der Waals surface area contributed by atoms with Crippen molar-refractivity contribution in [2.75, 3.05) is 0 Å². The topological polar surface area (TPSA) is 54.8 Å². The third-order valence-electron chi connectivity index (χ3n) is 7.00. The predicted molar refractivity (Wildman–Crippen MR) is 145 cm³/mol. The van der Waals surface area contributed by atoms with E-state index >= 15 is 0 Å². The van der Waals surface area contributed by atoms with E-state index in [1.165, 1.54) is 21.9 Å². The van der Waals surface area contributed by atoms with Gasteiger partial charge >= 0.3 is 0 Å². The first-order chi connectivity index (χ1) is 17.6. The van der Waals surface area contributed by atoms with E-state index in [1.807, 2.05) is 42.5 Å². The van der Waals surface area contributed by atoms with E-state index in [9.17, 15) is 5.26 Å². The van der Waals surface area contributed by atoms with E-state index < -0.39 is 0 Å². The molecule has 170 valence electrons. The van der Waals surface area contributed by atoms with Crippen LogP contribution in [-0.2, 0) is 0 Å². The molecule has 0 spiro atoms. The summed E-state index contributed by atoms with van der Waals surface area (Å²) in [4.78, 5) is 4.56. The highest BCUT2D eigenvalue weighted by Gasteiger charge is 2.22. The molecule has 4 heteroatoms. The van der Waals surface area contributed by atoms with Crippen LogP contribution in [-0.4, -0.2) is 9.55 Å². The molecule has 7 rings (SSSR count). The second-order valence-corrected chi connectivity index (χ2v) is 9.33. The van der Waals surface area contributed by atoms with Gasteiger partial charge in [0.05, 0.1) is 22.3 Å². The molecule has 0 bridgehead atoms. The highest BCUT2D eigenvalue weighted by Crippen LogP contribution is 2.41. The number of fused-ring (bicyclic) bond motifs is 6. The number of rotatable bonds is 2. The van der Waals surface area contributed by atoms with E-state index in [-0.39, 0.29) is 0 Å². The molecule has 3 heterocycles. The molecule has 0 fully saturated rings. The Bertz CT molecular complexity index is 1960. The van der Waals surface area contributed by atoms with Crippen molar-refractivity contribution in [2.24, 2.45) is 0 Å². The Morgan fingerprint density at radius 1 is 0.722 bits per heavy atom. The van der Waals surface area contributed by atoms with E-state index in [4.69, 9.17) is 4.42 Å². The summed E-state index contributed by atoms with van der Waals surface area (Å²) in [6.45, 7) is 4.22. The molecule has 0 saturated heterocycles. The highest BCUT2D eigenvalue weighted by atomic mass is 16.3. The molecule has 3 aromatic heterocycles. The van der Waals surface area contributed by atoms with Gasteiger partial charge in [0.2, 0.25) is 0 Å². The van der Waals surface area contributed by atoms with Crippen molar-refractivity contribution < 1.29 is 4.42 Å². The zero-order chi connectivity index (χ0) is 24.4. The summed E-state index contributed by atoms with van der Waals surface area (Å²) in [5.41, 5.74) is 9.10. The largest absolute Gasteiger partial charge is 0.453 e. The second kappa shape index (κ2) is 7.56. The van der Waals surface area contributed by atoms with Crippen LogP contribution in [0.5, 0.6) is 0 Å². The van der Waals surface area contributed by atoms with Gasteiger partial charge in [0.1, 0.15) is 17.3 Å². The summed E-state index contributed by atoms with van der Waals surface area (Å²) in [5, 5.41) is 14.5. The van der Waals surface area contributed by atoms with Crippen molar-refractivity contribution in [3.05, 3.63) is 108 Å². The number of pyridine rings is 1. The fourth-order valence-electron chi connectivity index (χ4n) is 5.38. The Balaban J connectivity index is 1.66. The van der Waals surface area contributed by atoms with Gasteiger partial charge in [0.25, 0.3) is 0 Å². The number of aromatic nitrogens is 2. The minimum atomic E-state index is 0.570. The molecule has 4 nitrogen and oxygen atoms in total. The van der Waals surface area contributed by atoms with Crippen LogP contribution < -0.4 is 0 Å². The molecular weight excluding hydrogens is 442 g/mol. The fraction of sp³-hybridized carbons (Fsp3) is 0.0625. The number of nitriles is 1. The minimum Gasteiger partial charge on any atom is -0.453 e. The summed E-state index contributed by atoms with van der Waals surface area (Å²) in [7, 11) is 0. The summed E-state index contributed by atoms with van der Waals surface area (Å²) < 4.78 is 8.86. The predicted octanol–water partition coefficient (Wildman–Crippen LogP) is 8.23. The molecule has 0 unspecified atom stereocenters. The van der Waals surface area contributed by atoms with Crippen LogP contribution in [0.3, 0.4) is 0 Å². The SMILES string of the molecule is Cc1ccc2c(c1)c1cc(C)ccc1n2-c1c(C#N)ccc2c1oc1c(-c3ccccn3)cccc12. The molecule has 0 radical (unpaired) electrons. The maximum atomic E-state index is 10.2. The van der Waals surface area contributed by atoms with Gasteiger partial charge in [-0.1, -0.05) is 41.5 Å². The maximum Gasteiger partial charge on any atom is 0.160 e. The van der Waals surface area contributed by atoms with E-state index in [2.05, 4.69) is 71.9 Å². The molecule has 0 atom stereocenters. The first-order valence-corrected chi connectivity index (χ1v) is 12.0. The Morgan fingerprint density at radius 3 is 2.11 bits per heavy atom. The van der Waals surface area contributed by atoms with Gasteiger partial charge in [-0.25, -0.2) is 0 Å². The second-order valence-electron chi connectivity index (χ2n) is 9.33. The first-order valence-electron chi connectivity index (χ1n) is 12.0. The first kappa shape index (κ1) is 20.5. The standard InChI is InChI=1S/C32H21N3O/c1-19-9-13-28-25(16-19)26-17-20(2)10-14-29(26)35(28)30-21(18-33)11-12-23-22-6-5-7-24(31(22)36-32(23)30)27-8-3-4-15-34-27/h3-17H,1-2H3. The normalized spacial score (nSPS) is 11.6. The van der Waals surface area contributed by atoms with Crippen molar-refractivity contribution in [3.63, 3.8) is 0 Å². The Hall–Kier alpha value is -4.88. The van der Waals surface area contributed by atoms with Crippen LogP contribution in [0, 0.1) is 25.2 Å². The summed E-state index contributed by atoms with van der Waals surface area (Å²) in [6.07, 6.45) is 1.79. The lowest BCUT2D eigenvalue weighted by atomic mass is 10.0. The van der Waals surface area contributed by atoms with Gasteiger partial charge in [-0.15, -0.1) is 0 Å². The Labute approximate surface area is 207 Å². The van der Waals surface area contributed by atoms with E-state index in [0.717, 1.165) is 44.3 Å². The van der Waals surface area contributed by atoms with Crippen molar-refractivity contribution in [1.82, 2.24) is 9.55 Å². The highest BCUT2D eigenvalue weighted by molar-refractivity contribution is 6.15. The molecule has 0 N–H and O–H groups in total. The van der Waals surface area contributed by atoms with Gasteiger partial charge in [-0.3, -0.25) is 4.98 Å². The monoisotopic (exact) mass is 463 g/mol. The number of hydrogen-bond acceptors (Lipinski definition) is 3. The number of hydrogen-bond donors (Lipinski definition) is 0. The zero-order valence-electron chi connectivity index (χ0n) is 19.9. The van der Waals surface area contributed by atoms with Gasteiger partial charge in [0.15, 0.2) is 5.58 Å². The van der Waals surface area contributed by atoms with Crippen LogP contribution in [0.4, 0.5) is 0 Å². The molecule has 4 aromatic carbocycles. The van der Waals surface area contributed by atoms with Gasteiger partial charge in [-0.2, -0.15) is 5.26 Å². The Kier molecular flexibility index (Phi) is 4.30. The number of furan rings is 1. The van der Waals surface area contributed by atoms with Crippen LogP contribution in [0.2, 0.25) is 0 Å². The number of benzene rings is 4. The average Bonchev–Trinajstić information content (AvgIpc) is 3.43. The van der Waals surface area contributed by atoms with Gasteiger partial charge in [0, 0.05) is 33.3 Å². The third kappa shape index (κ3) is 2.84. The van der Waals surface area contributed by atoms with E-state index in [0.29, 0.717) is 11.1 Å². The zero-order valence-corrected chi connectivity index (χ0v) is 19.9. The maximum absolute atomic E-state index is 10.2. The van der Waals surface area contributed by atoms with Crippen molar-refractivity contribution >= 4 is 43.7 Å². The van der Waals surface area contributed by atoms with Gasteiger partial charge in [-0.05, 0) is 68.4 Å². The van der Waals surface area contributed by atoms with E-state index in [1.54, 1.807) is 6.20 Å². The third-order valence-corrected chi connectivity index (χ3v) is 7.00. The van der Waals surface area contributed by atoms with Crippen LogP contribution in [0.1, 0.15) is 16.7 Å². The molecule has 0 aliphatic rings. The lowest BCUT2D eigenvalue weighted by molar-refractivity contribution is 0.667. The van der Waals surface area contributed by atoms with Crippen molar-refractivity contribution in [1.29, 1.82) is 5.26 Å². The van der Waals surface area contributed by atoms with Crippen molar-refractivity contribution in [3.8, 4) is 23.0 Å². The van der Waals surface area contributed by atoms with Crippen molar-refractivity contribution in [2.45, 2.75) is 13.8 Å². The number of para-hydroxylation sites is 1. The summed E-state index contributed by atoms with van der Waals surface area (Å²) >= 11 is 0.